The minimum Gasteiger partial charge on any atom is -0.548 e. The number of carbonyl (C=O) groups is 3. The maximum absolute atomic E-state index is 12.5. The Morgan fingerprint density at radius 2 is 1.96 bits per heavy atom. The molecule has 138 valence electrons. The molecule has 2 rings (SSSR count). The van der Waals surface area contributed by atoms with Crippen molar-refractivity contribution in [2.75, 3.05) is 25.5 Å². The molecule has 1 aliphatic heterocycles. The lowest BCUT2D eigenvalue weighted by atomic mass is 10.2. The number of carboxylic acids is 1. The number of anilines is 1. The first kappa shape index (κ1) is 19.9. The number of carboxylic acid groups (broad SMARTS) is 1. The highest BCUT2D eigenvalue weighted by Gasteiger charge is 2.33. The number of hydrogen-bond acceptors (Lipinski definition) is 7. The average molecular weight is 392 g/mol. The zero-order valence-electron chi connectivity index (χ0n) is 14.5. The van der Waals surface area contributed by atoms with Gasteiger partial charge in [-0.3, -0.25) is 14.5 Å². The van der Waals surface area contributed by atoms with Crippen molar-refractivity contribution in [1.29, 1.82) is 0 Å². The van der Waals surface area contributed by atoms with Crippen LogP contribution in [0.1, 0.15) is 12.5 Å². The summed E-state index contributed by atoms with van der Waals surface area (Å²) in [6.07, 6.45) is 1.71. The van der Waals surface area contributed by atoms with Crippen LogP contribution in [0.15, 0.2) is 29.2 Å². The first-order valence-electron chi connectivity index (χ1n) is 7.72. The smallest absolute Gasteiger partial charge is 0.266 e. The SMILES string of the molecule is C[C@H](NC(=O)CN1C(=O)/C(=C/c2ccc(N(C)C)cc2)SC1=S)C(=O)[O-]. The monoisotopic (exact) mass is 392 g/mol. The molecule has 1 N–H and O–H groups in total. The van der Waals surface area contributed by atoms with Crippen LogP contribution in [-0.4, -0.2) is 53.7 Å². The van der Waals surface area contributed by atoms with Crippen LogP contribution in [0.25, 0.3) is 6.08 Å². The topological polar surface area (TPSA) is 92.8 Å². The van der Waals surface area contributed by atoms with Crippen molar-refractivity contribution in [2.24, 2.45) is 0 Å². The van der Waals surface area contributed by atoms with E-state index in [1.54, 1.807) is 6.08 Å². The van der Waals surface area contributed by atoms with Gasteiger partial charge in [-0.2, -0.15) is 0 Å². The van der Waals surface area contributed by atoms with Gasteiger partial charge in [-0.25, -0.2) is 0 Å². The molecule has 2 amide bonds. The Kier molecular flexibility index (Phi) is 6.38. The number of hydrogen-bond donors (Lipinski definition) is 1. The van der Waals surface area contributed by atoms with Crippen LogP contribution in [0.4, 0.5) is 5.69 Å². The molecule has 0 bridgehead atoms. The fraction of sp³-hybridized carbons (Fsp3) is 0.294. The van der Waals surface area contributed by atoms with E-state index in [0.29, 0.717) is 4.91 Å². The second-order valence-electron chi connectivity index (χ2n) is 5.86. The van der Waals surface area contributed by atoms with E-state index in [4.69, 9.17) is 12.2 Å². The summed E-state index contributed by atoms with van der Waals surface area (Å²) < 4.78 is 0.252. The van der Waals surface area contributed by atoms with Crippen molar-refractivity contribution in [2.45, 2.75) is 13.0 Å². The fourth-order valence-corrected chi connectivity index (χ4v) is 3.40. The molecular weight excluding hydrogens is 374 g/mol. The second kappa shape index (κ2) is 8.33. The van der Waals surface area contributed by atoms with Gasteiger partial charge in [0, 0.05) is 19.8 Å². The molecule has 1 fully saturated rings. The number of thiocarbonyl (C=S) groups is 1. The van der Waals surface area contributed by atoms with Crippen molar-refractivity contribution in [1.82, 2.24) is 10.2 Å². The second-order valence-corrected chi connectivity index (χ2v) is 7.54. The van der Waals surface area contributed by atoms with E-state index in [1.807, 2.05) is 43.3 Å². The first-order chi connectivity index (χ1) is 12.2. The number of nitrogens with zero attached hydrogens (tertiary/aromatic N) is 2. The molecule has 1 saturated heterocycles. The van der Waals surface area contributed by atoms with E-state index in [2.05, 4.69) is 5.32 Å². The maximum atomic E-state index is 12.5. The summed E-state index contributed by atoms with van der Waals surface area (Å²) in [4.78, 5) is 38.6. The Morgan fingerprint density at radius 1 is 1.35 bits per heavy atom. The molecule has 0 unspecified atom stereocenters. The van der Waals surface area contributed by atoms with Gasteiger partial charge in [-0.05, 0) is 30.7 Å². The van der Waals surface area contributed by atoms with Gasteiger partial charge in [0.25, 0.3) is 5.91 Å². The van der Waals surface area contributed by atoms with Crippen LogP contribution < -0.4 is 15.3 Å². The van der Waals surface area contributed by atoms with Gasteiger partial charge >= 0.3 is 0 Å². The lowest BCUT2D eigenvalue weighted by Crippen LogP contribution is -2.49. The number of aliphatic carboxylic acids is 1. The minimum atomic E-state index is -1.40. The molecule has 1 aliphatic rings. The number of benzene rings is 1. The van der Waals surface area contributed by atoms with Gasteiger partial charge < -0.3 is 20.1 Å². The Balaban J connectivity index is 2.08. The largest absolute Gasteiger partial charge is 0.548 e. The van der Waals surface area contributed by atoms with E-state index in [9.17, 15) is 19.5 Å². The van der Waals surface area contributed by atoms with Gasteiger partial charge in [-0.15, -0.1) is 0 Å². The molecule has 9 heteroatoms. The van der Waals surface area contributed by atoms with E-state index < -0.39 is 17.9 Å². The van der Waals surface area contributed by atoms with E-state index in [1.165, 1.54) is 6.92 Å². The Bertz CT molecular complexity index is 775. The molecule has 1 aromatic rings. The first-order valence-corrected chi connectivity index (χ1v) is 8.94. The third-order valence-corrected chi connectivity index (χ3v) is 4.99. The molecular formula is C17H18N3O4S2-. The molecule has 0 aliphatic carbocycles. The van der Waals surface area contributed by atoms with Crippen LogP contribution >= 0.6 is 24.0 Å². The van der Waals surface area contributed by atoms with Gasteiger partial charge in [-0.1, -0.05) is 36.1 Å². The maximum Gasteiger partial charge on any atom is 0.266 e. The Morgan fingerprint density at radius 3 is 2.50 bits per heavy atom. The number of thioether (sulfide) groups is 1. The molecule has 1 atom stereocenters. The summed E-state index contributed by atoms with van der Waals surface area (Å²) in [6, 6.07) is 6.49. The summed E-state index contributed by atoms with van der Waals surface area (Å²) in [5.41, 5.74) is 1.87. The lowest BCUT2D eigenvalue weighted by molar-refractivity contribution is -0.307. The highest BCUT2D eigenvalue weighted by Crippen LogP contribution is 2.32. The quantitative estimate of drug-likeness (QED) is 0.546. The molecule has 0 spiro atoms. The molecule has 7 nitrogen and oxygen atoms in total. The zero-order valence-corrected chi connectivity index (χ0v) is 16.1. The summed E-state index contributed by atoms with van der Waals surface area (Å²) in [7, 11) is 3.87. The summed E-state index contributed by atoms with van der Waals surface area (Å²) in [5, 5.41) is 12.9. The van der Waals surface area contributed by atoms with E-state index in [-0.39, 0.29) is 16.8 Å². The van der Waals surface area contributed by atoms with Gasteiger partial charge in [0.15, 0.2) is 0 Å². The highest BCUT2D eigenvalue weighted by atomic mass is 32.2. The predicted octanol–water partition coefficient (Wildman–Crippen LogP) is 0.208. The lowest BCUT2D eigenvalue weighted by Gasteiger charge is -2.18. The van der Waals surface area contributed by atoms with E-state index >= 15 is 0 Å². The predicted molar refractivity (Wildman–Crippen MR) is 103 cm³/mol. The van der Waals surface area contributed by atoms with Crippen molar-refractivity contribution >= 4 is 57.8 Å². The van der Waals surface area contributed by atoms with Crippen LogP contribution in [0.5, 0.6) is 0 Å². The highest BCUT2D eigenvalue weighted by molar-refractivity contribution is 8.26. The molecule has 0 aromatic heterocycles. The van der Waals surface area contributed by atoms with Crippen molar-refractivity contribution in [3.63, 3.8) is 0 Å². The van der Waals surface area contributed by atoms with E-state index in [0.717, 1.165) is 27.9 Å². The van der Waals surface area contributed by atoms with Crippen LogP contribution in [0.2, 0.25) is 0 Å². The third-order valence-electron chi connectivity index (χ3n) is 3.61. The third kappa shape index (κ3) is 4.83. The number of rotatable bonds is 6. The van der Waals surface area contributed by atoms with Gasteiger partial charge in [0.05, 0.1) is 16.9 Å². The summed E-state index contributed by atoms with van der Waals surface area (Å²) >= 11 is 6.27. The molecule has 0 radical (unpaired) electrons. The van der Waals surface area contributed by atoms with Crippen molar-refractivity contribution in [3.8, 4) is 0 Å². The van der Waals surface area contributed by atoms with Crippen molar-refractivity contribution in [3.05, 3.63) is 34.7 Å². The van der Waals surface area contributed by atoms with Crippen LogP contribution in [0.3, 0.4) is 0 Å². The van der Waals surface area contributed by atoms with Crippen molar-refractivity contribution < 1.29 is 19.5 Å². The Hall–Kier alpha value is -2.39. The molecule has 0 saturated carbocycles. The van der Waals surface area contributed by atoms with Crippen LogP contribution in [-0.2, 0) is 14.4 Å². The number of amides is 2. The van der Waals surface area contributed by atoms with Crippen LogP contribution in [0, 0.1) is 0 Å². The molecule has 1 heterocycles. The number of carbonyl (C=O) groups excluding carboxylic acids is 3. The average Bonchev–Trinajstić information content (AvgIpc) is 2.82. The summed E-state index contributed by atoms with van der Waals surface area (Å²) in [6.45, 7) is 0.952. The zero-order chi connectivity index (χ0) is 19.4. The Labute approximate surface area is 161 Å². The number of nitrogens with one attached hydrogen (secondary N) is 1. The standard InChI is InChI=1S/C17H19N3O4S2/c1-10(16(23)24)18-14(21)9-20-15(22)13(26-17(20)25)8-11-4-6-12(7-5-11)19(2)3/h4-8,10H,9H2,1-3H3,(H,18,21)(H,23,24)/p-1/b13-8-/t10-/m0/s1. The minimum absolute atomic E-state index is 0.252. The fourth-order valence-electron chi connectivity index (χ4n) is 2.15. The van der Waals surface area contributed by atoms with Gasteiger partial charge in [0.2, 0.25) is 5.91 Å². The normalized spacial score (nSPS) is 16.7. The molecule has 1 aromatic carbocycles. The summed E-state index contributed by atoms with van der Waals surface area (Å²) in [5.74, 6) is -2.40. The molecule has 26 heavy (non-hydrogen) atoms. The van der Waals surface area contributed by atoms with Gasteiger partial charge in [0.1, 0.15) is 10.9 Å².